The number of nitrogens with zero attached hydrogens (tertiary/aromatic N) is 1. The number of halogens is 1. The number of rotatable bonds is 11. The Hall–Kier alpha value is -4.11. The second-order valence-electron chi connectivity index (χ2n) is 7.36. The molecule has 0 aliphatic heterocycles. The van der Waals surface area contributed by atoms with Crippen molar-refractivity contribution >= 4 is 34.0 Å². The minimum atomic E-state index is -0.542. The molecule has 0 radical (unpaired) electrons. The second-order valence-corrected chi connectivity index (χ2v) is 8.28. The number of carbonyl (C=O) groups is 2. The van der Waals surface area contributed by atoms with Crippen molar-refractivity contribution in [2.45, 2.75) is 6.42 Å². The van der Waals surface area contributed by atoms with Gasteiger partial charge in [0.2, 0.25) is 0 Å². The zero-order valence-electron chi connectivity index (χ0n) is 19.8. The van der Waals surface area contributed by atoms with Crippen LogP contribution in [0.5, 0.6) is 23.0 Å². The number of hydrogen-bond donors (Lipinski definition) is 1. The van der Waals surface area contributed by atoms with Crippen LogP contribution in [0.4, 0.5) is 0 Å². The second kappa shape index (κ2) is 13.1. The number of amides is 1. The molecule has 36 heavy (non-hydrogen) atoms. The SMILES string of the molecule is C=CCc1ccc(OCC(=O)N/N=C\c2cc(Br)ccc2OC(=O)c2ccc(OC)cc2)c(OC)c1. The maximum absolute atomic E-state index is 12.5. The topological polar surface area (TPSA) is 95.5 Å². The molecule has 0 fully saturated rings. The van der Waals surface area contributed by atoms with Crippen LogP contribution in [0, 0.1) is 0 Å². The van der Waals surface area contributed by atoms with Crippen molar-refractivity contribution < 1.29 is 28.5 Å². The van der Waals surface area contributed by atoms with Gasteiger partial charge in [0, 0.05) is 10.0 Å². The number of nitrogens with one attached hydrogen (secondary N) is 1. The zero-order chi connectivity index (χ0) is 25.9. The smallest absolute Gasteiger partial charge is 0.343 e. The molecular formula is C27H25BrN2O6. The third-order valence-corrected chi connectivity index (χ3v) is 5.35. The van der Waals surface area contributed by atoms with Gasteiger partial charge in [-0.2, -0.15) is 5.10 Å². The summed E-state index contributed by atoms with van der Waals surface area (Å²) >= 11 is 3.38. The van der Waals surface area contributed by atoms with E-state index in [0.717, 1.165) is 10.0 Å². The Kier molecular flexibility index (Phi) is 9.64. The van der Waals surface area contributed by atoms with Crippen LogP contribution >= 0.6 is 15.9 Å². The molecule has 0 saturated heterocycles. The third kappa shape index (κ3) is 7.44. The highest BCUT2D eigenvalue weighted by Crippen LogP contribution is 2.28. The molecule has 0 saturated carbocycles. The van der Waals surface area contributed by atoms with Crippen molar-refractivity contribution in [3.63, 3.8) is 0 Å². The van der Waals surface area contributed by atoms with E-state index in [1.807, 2.05) is 12.1 Å². The van der Waals surface area contributed by atoms with Gasteiger partial charge in [0.25, 0.3) is 5.91 Å². The van der Waals surface area contributed by atoms with Gasteiger partial charge in [-0.25, -0.2) is 10.2 Å². The minimum Gasteiger partial charge on any atom is -0.497 e. The van der Waals surface area contributed by atoms with E-state index in [0.29, 0.717) is 34.8 Å². The van der Waals surface area contributed by atoms with E-state index in [4.69, 9.17) is 18.9 Å². The number of carbonyl (C=O) groups excluding carboxylic acids is 2. The standard InChI is InChI=1S/C27H25BrN2O6/c1-4-5-18-6-12-24(25(14-18)34-3)35-17-26(31)30-29-16-20-15-21(28)9-13-23(20)36-27(32)19-7-10-22(33-2)11-8-19/h4,6-16H,1,5,17H2,2-3H3,(H,30,31)/b29-16-. The molecule has 0 atom stereocenters. The molecule has 0 spiro atoms. The van der Waals surface area contributed by atoms with E-state index in [9.17, 15) is 9.59 Å². The molecule has 3 aromatic rings. The van der Waals surface area contributed by atoms with Crippen LogP contribution < -0.4 is 24.4 Å². The molecule has 3 aromatic carbocycles. The molecule has 8 nitrogen and oxygen atoms in total. The van der Waals surface area contributed by atoms with Crippen LogP contribution in [0.25, 0.3) is 0 Å². The van der Waals surface area contributed by atoms with Crippen molar-refractivity contribution in [2.75, 3.05) is 20.8 Å². The molecule has 0 aromatic heterocycles. The molecule has 0 aliphatic rings. The fourth-order valence-corrected chi connectivity index (χ4v) is 3.45. The monoisotopic (exact) mass is 552 g/mol. The van der Waals surface area contributed by atoms with E-state index >= 15 is 0 Å². The number of allylic oxidation sites excluding steroid dienone is 1. The fraction of sp³-hybridized carbons (Fsp3) is 0.148. The lowest BCUT2D eigenvalue weighted by atomic mass is 10.1. The number of esters is 1. The van der Waals surface area contributed by atoms with Gasteiger partial charge in [0.1, 0.15) is 11.5 Å². The van der Waals surface area contributed by atoms with Crippen LogP contribution in [0.1, 0.15) is 21.5 Å². The average Bonchev–Trinajstić information content (AvgIpc) is 2.89. The van der Waals surface area contributed by atoms with Gasteiger partial charge in [-0.3, -0.25) is 4.79 Å². The first-order chi connectivity index (χ1) is 17.4. The van der Waals surface area contributed by atoms with Crippen molar-refractivity contribution in [3.05, 3.63) is 94.5 Å². The molecule has 1 amide bonds. The summed E-state index contributed by atoms with van der Waals surface area (Å²) in [4.78, 5) is 24.8. The van der Waals surface area contributed by atoms with E-state index in [1.165, 1.54) is 13.3 Å². The first kappa shape index (κ1) is 26.5. The van der Waals surface area contributed by atoms with Gasteiger partial charge < -0.3 is 18.9 Å². The van der Waals surface area contributed by atoms with Crippen molar-refractivity contribution in [3.8, 4) is 23.0 Å². The number of hydrogen-bond acceptors (Lipinski definition) is 7. The van der Waals surface area contributed by atoms with Gasteiger partial charge in [0.15, 0.2) is 18.1 Å². The summed E-state index contributed by atoms with van der Waals surface area (Å²) < 4.78 is 22.3. The van der Waals surface area contributed by atoms with E-state index < -0.39 is 11.9 Å². The molecule has 3 rings (SSSR count). The summed E-state index contributed by atoms with van der Waals surface area (Å²) in [6, 6.07) is 17.1. The molecule has 0 heterocycles. The zero-order valence-corrected chi connectivity index (χ0v) is 21.4. The normalized spacial score (nSPS) is 10.5. The van der Waals surface area contributed by atoms with Crippen LogP contribution in [0.2, 0.25) is 0 Å². The van der Waals surface area contributed by atoms with Gasteiger partial charge in [-0.05, 0) is 66.6 Å². The summed E-state index contributed by atoms with van der Waals surface area (Å²) in [6.07, 6.45) is 3.86. The van der Waals surface area contributed by atoms with E-state index in [-0.39, 0.29) is 12.4 Å². The number of ether oxygens (including phenoxy) is 4. The summed E-state index contributed by atoms with van der Waals surface area (Å²) in [5.41, 5.74) is 4.25. The highest BCUT2D eigenvalue weighted by molar-refractivity contribution is 9.10. The summed E-state index contributed by atoms with van der Waals surface area (Å²) in [6.45, 7) is 3.45. The molecule has 0 unspecified atom stereocenters. The lowest BCUT2D eigenvalue weighted by Gasteiger charge is -2.11. The predicted octanol–water partition coefficient (Wildman–Crippen LogP) is 4.94. The van der Waals surface area contributed by atoms with Gasteiger partial charge in [-0.15, -0.1) is 6.58 Å². The van der Waals surface area contributed by atoms with Crippen LogP contribution in [0.3, 0.4) is 0 Å². The van der Waals surface area contributed by atoms with Gasteiger partial charge in [-0.1, -0.05) is 28.1 Å². The highest BCUT2D eigenvalue weighted by atomic mass is 79.9. The fourth-order valence-electron chi connectivity index (χ4n) is 3.07. The Balaban J connectivity index is 1.61. The maximum atomic E-state index is 12.5. The molecule has 1 N–H and O–H groups in total. The maximum Gasteiger partial charge on any atom is 0.343 e. The van der Waals surface area contributed by atoms with E-state index in [2.05, 4.69) is 33.0 Å². The van der Waals surface area contributed by atoms with Crippen molar-refractivity contribution in [2.24, 2.45) is 5.10 Å². The number of benzene rings is 3. The molecular weight excluding hydrogens is 528 g/mol. The Bertz CT molecular complexity index is 1260. The molecule has 0 bridgehead atoms. The highest BCUT2D eigenvalue weighted by Gasteiger charge is 2.12. The summed E-state index contributed by atoms with van der Waals surface area (Å²) in [5, 5.41) is 3.96. The van der Waals surface area contributed by atoms with Crippen LogP contribution in [-0.2, 0) is 11.2 Å². The van der Waals surface area contributed by atoms with Crippen molar-refractivity contribution in [1.82, 2.24) is 5.43 Å². The minimum absolute atomic E-state index is 0.272. The Morgan fingerprint density at radius 1 is 0.972 bits per heavy atom. The summed E-state index contributed by atoms with van der Waals surface area (Å²) in [7, 11) is 3.07. The van der Waals surface area contributed by atoms with E-state index in [1.54, 1.807) is 61.7 Å². The lowest BCUT2D eigenvalue weighted by molar-refractivity contribution is -0.123. The first-order valence-electron chi connectivity index (χ1n) is 10.8. The van der Waals surface area contributed by atoms with Crippen LogP contribution in [-0.4, -0.2) is 38.9 Å². The van der Waals surface area contributed by atoms with Crippen LogP contribution in [0.15, 0.2) is 82.9 Å². The number of methoxy groups -OCH3 is 2. The lowest BCUT2D eigenvalue weighted by Crippen LogP contribution is -2.24. The first-order valence-corrected chi connectivity index (χ1v) is 11.6. The largest absolute Gasteiger partial charge is 0.497 e. The van der Waals surface area contributed by atoms with Gasteiger partial charge >= 0.3 is 5.97 Å². The quantitative estimate of drug-likeness (QED) is 0.119. The Labute approximate surface area is 217 Å². The Morgan fingerprint density at radius 2 is 1.72 bits per heavy atom. The molecule has 9 heteroatoms. The number of hydrazone groups is 1. The molecule has 0 aliphatic carbocycles. The average molecular weight is 553 g/mol. The summed E-state index contributed by atoms with van der Waals surface area (Å²) in [5.74, 6) is 0.839. The Morgan fingerprint density at radius 3 is 2.42 bits per heavy atom. The predicted molar refractivity (Wildman–Crippen MR) is 140 cm³/mol. The molecule has 186 valence electrons. The third-order valence-electron chi connectivity index (χ3n) is 4.86. The van der Waals surface area contributed by atoms with Gasteiger partial charge in [0.05, 0.1) is 26.0 Å². The van der Waals surface area contributed by atoms with Crippen molar-refractivity contribution in [1.29, 1.82) is 0 Å².